The highest BCUT2D eigenvalue weighted by atomic mass is 16.5. The number of rotatable bonds is 9. The lowest BCUT2D eigenvalue weighted by Gasteiger charge is -2.19. The average molecular weight is 384 g/mol. The third-order valence-electron chi connectivity index (χ3n) is 4.11. The predicted octanol–water partition coefficient (Wildman–Crippen LogP) is 2.46. The van der Waals surface area contributed by atoms with Crippen LogP contribution in [0.5, 0.6) is 5.75 Å². The lowest BCUT2D eigenvalue weighted by atomic mass is 9.99. The molecule has 0 saturated heterocycles. The van der Waals surface area contributed by atoms with Crippen LogP contribution in [0.2, 0.25) is 0 Å². The minimum absolute atomic E-state index is 0.247. The van der Waals surface area contributed by atoms with Gasteiger partial charge in [0.25, 0.3) is 5.91 Å². The van der Waals surface area contributed by atoms with Gasteiger partial charge in [-0.15, -0.1) is 0 Å². The minimum Gasteiger partial charge on any atom is -0.494 e. The molecule has 1 unspecified atom stereocenters. The van der Waals surface area contributed by atoms with E-state index in [0.29, 0.717) is 17.9 Å². The fourth-order valence-electron chi connectivity index (χ4n) is 2.77. The number of carbonyl (C=O) groups is 3. The summed E-state index contributed by atoms with van der Waals surface area (Å²) in [5, 5.41) is 14.4. The number of carboxylic acid groups (broad SMARTS) is 1. The smallest absolute Gasteiger partial charge is 0.305 e. The van der Waals surface area contributed by atoms with E-state index >= 15 is 0 Å². The van der Waals surface area contributed by atoms with Crippen LogP contribution >= 0.6 is 0 Å². The van der Waals surface area contributed by atoms with E-state index in [1.165, 1.54) is 0 Å². The van der Waals surface area contributed by atoms with Crippen LogP contribution in [-0.2, 0) is 9.59 Å². The monoisotopic (exact) mass is 384 g/mol. The Balaban J connectivity index is 1.96. The Morgan fingerprint density at radius 2 is 1.75 bits per heavy atom. The molecule has 2 amide bonds. The Kier molecular flexibility index (Phi) is 7.56. The zero-order valence-corrected chi connectivity index (χ0v) is 15.9. The summed E-state index contributed by atoms with van der Waals surface area (Å²) in [6, 6.07) is 13.2. The third kappa shape index (κ3) is 6.12. The number of hydrogen-bond donors (Lipinski definition) is 3. The van der Waals surface area contributed by atoms with Crippen LogP contribution < -0.4 is 15.4 Å². The molecule has 0 bridgehead atoms. The highest BCUT2D eigenvalue weighted by Gasteiger charge is 2.20. The molecule has 2 rings (SSSR count). The van der Waals surface area contributed by atoms with Gasteiger partial charge in [0.2, 0.25) is 5.91 Å². The molecule has 1 atom stereocenters. The second kappa shape index (κ2) is 10.1. The van der Waals surface area contributed by atoms with E-state index in [9.17, 15) is 14.4 Å². The van der Waals surface area contributed by atoms with E-state index in [1.54, 1.807) is 36.4 Å². The topological polar surface area (TPSA) is 105 Å². The molecule has 148 valence electrons. The zero-order chi connectivity index (χ0) is 20.5. The summed E-state index contributed by atoms with van der Waals surface area (Å²) in [7, 11) is 0. The number of ether oxygens (including phenoxy) is 1. The number of amides is 2. The molecular formula is C21H24N2O5. The van der Waals surface area contributed by atoms with Crippen molar-refractivity contribution >= 4 is 17.8 Å². The summed E-state index contributed by atoms with van der Waals surface area (Å²) in [5.41, 5.74) is 2.01. The number of aryl methyl sites for hydroxylation is 1. The van der Waals surface area contributed by atoms with Gasteiger partial charge in [0, 0.05) is 5.56 Å². The van der Waals surface area contributed by atoms with Crippen molar-refractivity contribution in [3.05, 3.63) is 65.2 Å². The van der Waals surface area contributed by atoms with Gasteiger partial charge in [-0.1, -0.05) is 24.3 Å². The number of aliphatic carboxylic acids is 1. The van der Waals surface area contributed by atoms with Gasteiger partial charge in [-0.25, -0.2) is 0 Å². The molecule has 0 aliphatic heterocycles. The maximum absolute atomic E-state index is 12.3. The van der Waals surface area contributed by atoms with Gasteiger partial charge in [-0.3, -0.25) is 14.4 Å². The molecule has 7 heteroatoms. The molecule has 0 aromatic heterocycles. The van der Waals surface area contributed by atoms with Crippen molar-refractivity contribution < 1.29 is 24.2 Å². The molecule has 0 heterocycles. The van der Waals surface area contributed by atoms with E-state index in [2.05, 4.69) is 10.6 Å². The first kappa shape index (κ1) is 21.0. The van der Waals surface area contributed by atoms with E-state index in [4.69, 9.17) is 9.84 Å². The van der Waals surface area contributed by atoms with Crippen molar-refractivity contribution in [2.24, 2.45) is 0 Å². The summed E-state index contributed by atoms with van der Waals surface area (Å²) >= 11 is 0. The second-order valence-corrected chi connectivity index (χ2v) is 6.21. The predicted molar refractivity (Wildman–Crippen MR) is 104 cm³/mol. The summed E-state index contributed by atoms with van der Waals surface area (Å²) < 4.78 is 5.32. The quantitative estimate of drug-likeness (QED) is 0.616. The molecule has 0 spiro atoms. The molecule has 2 aromatic carbocycles. The molecule has 0 radical (unpaired) electrons. The maximum atomic E-state index is 12.3. The van der Waals surface area contributed by atoms with Crippen molar-refractivity contribution in [2.75, 3.05) is 13.2 Å². The maximum Gasteiger partial charge on any atom is 0.305 e. The highest BCUT2D eigenvalue weighted by Crippen LogP contribution is 2.20. The van der Waals surface area contributed by atoms with Crippen LogP contribution in [0.15, 0.2) is 48.5 Å². The van der Waals surface area contributed by atoms with E-state index in [1.807, 2.05) is 26.0 Å². The Labute approximate surface area is 163 Å². The van der Waals surface area contributed by atoms with Gasteiger partial charge in [0.05, 0.1) is 25.6 Å². The minimum atomic E-state index is -1.02. The SMILES string of the molecule is CCOc1ccc(C(=O)NCC(=O)NC(CC(=O)O)c2ccccc2C)cc1. The van der Waals surface area contributed by atoms with Crippen molar-refractivity contribution in [3.8, 4) is 5.75 Å². The number of hydrogen-bond acceptors (Lipinski definition) is 4. The van der Waals surface area contributed by atoms with Gasteiger partial charge < -0.3 is 20.5 Å². The van der Waals surface area contributed by atoms with E-state index in [-0.39, 0.29) is 13.0 Å². The molecule has 7 nitrogen and oxygen atoms in total. The standard InChI is InChI=1S/C21H24N2O5/c1-3-28-16-10-8-15(9-11-16)21(27)22-13-19(24)23-18(12-20(25)26)17-7-5-4-6-14(17)2/h4-11,18H,3,12-13H2,1-2H3,(H,22,27)(H,23,24)(H,25,26). The van der Waals surface area contributed by atoms with Crippen LogP contribution in [0.3, 0.4) is 0 Å². The van der Waals surface area contributed by atoms with Gasteiger partial charge in [-0.2, -0.15) is 0 Å². The van der Waals surface area contributed by atoms with Gasteiger partial charge in [-0.05, 0) is 49.2 Å². The Morgan fingerprint density at radius 3 is 2.36 bits per heavy atom. The molecular weight excluding hydrogens is 360 g/mol. The summed E-state index contributed by atoms with van der Waals surface area (Å²) in [4.78, 5) is 35.6. The number of carboxylic acids is 1. The second-order valence-electron chi connectivity index (χ2n) is 6.21. The third-order valence-corrected chi connectivity index (χ3v) is 4.11. The first-order valence-corrected chi connectivity index (χ1v) is 8.98. The van der Waals surface area contributed by atoms with Crippen LogP contribution in [0, 0.1) is 6.92 Å². The van der Waals surface area contributed by atoms with Gasteiger partial charge in [0.15, 0.2) is 0 Å². The zero-order valence-electron chi connectivity index (χ0n) is 15.9. The van der Waals surface area contributed by atoms with Gasteiger partial charge in [0.1, 0.15) is 5.75 Å². The number of benzene rings is 2. The average Bonchev–Trinajstić information content (AvgIpc) is 2.66. The van der Waals surface area contributed by atoms with E-state index < -0.39 is 23.8 Å². The number of nitrogens with one attached hydrogen (secondary N) is 2. The molecule has 0 aliphatic carbocycles. The molecule has 2 aromatic rings. The lowest BCUT2D eigenvalue weighted by molar-refractivity contribution is -0.137. The van der Waals surface area contributed by atoms with Crippen molar-refractivity contribution in [1.29, 1.82) is 0 Å². The summed E-state index contributed by atoms with van der Waals surface area (Å²) in [6.07, 6.45) is -0.247. The Morgan fingerprint density at radius 1 is 1.07 bits per heavy atom. The molecule has 28 heavy (non-hydrogen) atoms. The fraction of sp³-hybridized carbons (Fsp3) is 0.286. The molecule has 0 saturated carbocycles. The largest absolute Gasteiger partial charge is 0.494 e. The van der Waals surface area contributed by atoms with Crippen LogP contribution in [-0.4, -0.2) is 36.0 Å². The van der Waals surface area contributed by atoms with Crippen molar-refractivity contribution in [3.63, 3.8) is 0 Å². The summed E-state index contributed by atoms with van der Waals surface area (Å²) in [5.74, 6) is -1.23. The molecule has 3 N–H and O–H groups in total. The Hall–Kier alpha value is -3.35. The number of carbonyl (C=O) groups excluding carboxylic acids is 2. The normalized spacial score (nSPS) is 11.4. The molecule has 0 aliphatic rings. The first-order valence-electron chi connectivity index (χ1n) is 8.98. The van der Waals surface area contributed by atoms with E-state index in [0.717, 1.165) is 11.1 Å². The van der Waals surface area contributed by atoms with Crippen LogP contribution in [0.1, 0.15) is 40.9 Å². The summed E-state index contributed by atoms with van der Waals surface area (Å²) in [6.45, 7) is 4.00. The van der Waals surface area contributed by atoms with Crippen LogP contribution in [0.25, 0.3) is 0 Å². The molecule has 0 fully saturated rings. The van der Waals surface area contributed by atoms with Crippen molar-refractivity contribution in [2.45, 2.75) is 26.3 Å². The van der Waals surface area contributed by atoms with Crippen LogP contribution in [0.4, 0.5) is 0 Å². The van der Waals surface area contributed by atoms with Gasteiger partial charge >= 0.3 is 5.97 Å². The Bertz CT molecular complexity index is 833. The first-order chi connectivity index (χ1) is 13.4. The van der Waals surface area contributed by atoms with Crippen molar-refractivity contribution in [1.82, 2.24) is 10.6 Å². The lowest BCUT2D eigenvalue weighted by Crippen LogP contribution is -2.39. The fourth-order valence-corrected chi connectivity index (χ4v) is 2.77. The highest BCUT2D eigenvalue weighted by molar-refractivity contribution is 5.96.